The number of fused-ring (bicyclic) bond motifs is 4. The van der Waals surface area contributed by atoms with E-state index in [1.165, 1.54) is 27.8 Å². The van der Waals surface area contributed by atoms with Crippen LogP contribution in [0.4, 0.5) is 5.69 Å². The molecule has 116 valence electrons. The van der Waals surface area contributed by atoms with Gasteiger partial charge in [0.25, 0.3) is 0 Å². The molecule has 2 aliphatic rings. The fraction of sp³-hybridized carbons (Fsp3) is 0.300. The van der Waals surface area contributed by atoms with Crippen LogP contribution in [0.25, 0.3) is 10.9 Å². The Kier molecular flexibility index (Phi) is 2.95. The Labute approximate surface area is 136 Å². The summed E-state index contributed by atoms with van der Waals surface area (Å²) in [6, 6.07) is 20.2. The van der Waals surface area contributed by atoms with E-state index in [4.69, 9.17) is 0 Å². The Morgan fingerprint density at radius 2 is 1.74 bits per heavy atom. The van der Waals surface area contributed by atoms with Gasteiger partial charge in [-0.1, -0.05) is 36.4 Å². The van der Waals surface area contributed by atoms with Crippen LogP contribution in [0.15, 0.2) is 54.6 Å². The minimum Gasteiger partial charge on any atom is -0.369 e. The minimum atomic E-state index is 0.621. The van der Waals surface area contributed by atoms with Gasteiger partial charge in [0.05, 0.1) is 0 Å². The van der Waals surface area contributed by atoms with Gasteiger partial charge in [0.2, 0.25) is 0 Å². The van der Waals surface area contributed by atoms with Gasteiger partial charge < -0.3 is 9.88 Å². The van der Waals surface area contributed by atoms with Crippen LogP contribution in [-0.4, -0.2) is 35.6 Å². The summed E-state index contributed by atoms with van der Waals surface area (Å²) in [5.74, 6) is 0. The third kappa shape index (κ3) is 2.15. The van der Waals surface area contributed by atoms with Crippen LogP contribution in [0, 0.1) is 0 Å². The van der Waals surface area contributed by atoms with Gasteiger partial charge in [-0.3, -0.25) is 4.90 Å². The predicted octanol–water partition coefficient (Wildman–Crippen LogP) is 3.41. The van der Waals surface area contributed by atoms with Crippen LogP contribution in [-0.2, 0) is 13.0 Å². The Morgan fingerprint density at radius 1 is 0.913 bits per heavy atom. The van der Waals surface area contributed by atoms with E-state index in [-0.39, 0.29) is 0 Å². The topological polar surface area (TPSA) is 22.3 Å². The number of hydrogen-bond acceptors (Lipinski definition) is 2. The molecule has 3 heterocycles. The number of rotatable bonds is 1. The van der Waals surface area contributed by atoms with E-state index >= 15 is 0 Å². The number of aromatic amines is 1. The Bertz CT molecular complexity index is 836. The van der Waals surface area contributed by atoms with Crippen LogP contribution >= 0.6 is 0 Å². The molecule has 0 radical (unpaired) electrons. The lowest BCUT2D eigenvalue weighted by Crippen LogP contribution is -2.55. The van der Waals surface area contributed by atoms with E-state index in [0.717, 1.165) is 32.6 Å². The molecule has 3 aromatic rings. The van der Waals surface area contributed by atoms with Crippen molar-refractivity contribution in [3.05, 3.63) is 65.9 Å². The van der Waals surface area contributed by atoms with Crippen molar-refractivity contribution < 1.29 is 0 Å². The van der Waals surface area contributed by atoms with Crippen molar-refractivity contribution in [2.24, 2.45) is 0 Å². The number of benzene rings is 2. The average Bonchev–Trinajstić information content (AvgIpc) is 2.97. The zero-order valence-electron chi connectivity index (χ0n) is 13.2. The molecule has 23 heavy (non-hydrogen) atoms. The molecule has 0 bridgehead atoms. The highest BCUT2D eigenvalue weighted by Gasteiger charge is 2.33. The summed E-state index contributed by atoms with van der Waals surface area (Å²) in [4.78, 5) is 8.83. The number of hydrogen-bond donors (Lipinski definition) is 1. The molecule has 2 aromatic carbocycles. The molecule has 1 saturated heterocycles. The fourth-order valence-electron chi connectivity index (χ4n) is 4.23. The fourth-order valence-corrected chi connectivity index (χ4v) is 4.23. The maximum absolute atomic E-state index is 3.64. The standard InChI is InChI=1S/C20H21N3/c1-2-6-15(7-3-1)22-10-11-23-14-20-18(12-16(23)13-22)17-8-4-5-9-19(17)21-20/h1-9,16,21H,10-14H2/t16-/m0/s1. The van der Waals surface area contributed by atoms with E-state index in [9.17, 15) is 0 Å². The smallest absolute Gasteiger partial charge is 0.0459 e. The first-order chi connectivity index (χ1) is 11.4. The molecule has 0 spiro atoms. The summed E-state index contributed by atoms with van der Waals surface area (Å²) >= 11 is 0. The van der Waals surface area contributed by atoms with Crippen molar-refractivity contribution in [3.8, 4) is 0 Å². The normalized spacial score (nSPS) is 21.2. The molecule has 0 unspecified atom stereocenters. The van der Waals surface area contributed by atoms with E-state index in [1.54, 1.807) is 0 Å². The van der Waals surface area contributed by atoms with Gasteiger partial charge in [-0.15, -0.1) is 0 Å². The second-order valence-corrected chi connectivity index (χ2v) is 6.74. The third-order valence-corrected chi connectivity index (χ3v) is 5.43. The molecule has 5 rings (SSSR count). The molecular weight excluding hydrogens is 282 g/mol. The predicted molar refractivity (Wildman–Crippen MR) is 94.9 cm³/mol. The zero-order valence-corrected chi connectivity index (χ0v) is 13.2. The average molecular weight is 303 g/mol. The molecule has 0 amide bonds. The Balaban J connectivity index is 1.46. The van der Waals surface area contributed by atoms with Crippen LogP contribution in [0.5, 0.6) is 0 Å². The van der Waals surface area contributed by atoms with Crippen molar-refractivity contribution in [2.75, 3.05) is 24.5 Å². The first-order valence-electron chi connectivity index (χ1n) is 8.51. The van der Waals surface area contributed by atoms with E-state index in [1.807, 2.05) is 0 Å². The van der Waals surface area contributed by atoms with Gasteiger partial charge in [0, 0.05) is 54.5 Å². The molecule has 1 N–H and O–H groups in total. The quantitative estimate of drug-likeness (QED) is 0.744. The minimum absolute atomic E-state index is 0.621. The number of nitrogens with one attached hydrogen (secondary N) is 1. The molecule has 3 nitrogen and oxygen atoms in total. The number of nitrogens with zero attached hydrogens (tertiary/aromatic N) is 2. The lowest BCUT2D eigenvalue weighted by atomic mass is 9.94. The number of H-pyrrole nitrogens is 1. The van der Waals surface area contributed by atoms with Gasteiger partial charge in [-0.2, -0.15) is 0 Å². The highest BCUT2D eigenvalue weighted by atomic mass is 15.3. The van der Waals surface area contributed by atoms with Crippen LogP contribution < -0.4 is 4.90 Å². The highest BCUT2D eigenvalue weighted by molar-refractivity contribution is 5.85. The maximum Gasteiger partial charge on any atom is 0.0459 e. The molecule has 0 aliphatic carbocycles. The van der Waals surface area contributed by atoms with Crippen molar-refractivity contribution in [1.29, 1.82) is 0 Å². The number of anilines is 1. The van der Waals surface area contributed by atoms with E-state index < -0.39 is 0 Å². The summed E-state index contributed by atoms with van der Waals surface area (Å²) in [6.45, 7) is 4.46. The Morgan fingerprint density at radius 3 is 2.65 bits per heavy atom. The number of para-hydroxylation sites is 2. The van der Waals surface area contributed by atoms with Gasteiger partial charge in [-0.05, 0) is 30.2 Å². The van der Waals surface area contributed by atoms with E-state index in [0.29, 0.717) is 6.04 Å². The second kappa shape index (κ2) is 5.14. The summed E-state index contributed by atoms with van der Waals surface area (Å²) < 4.78 is 0. The highest BCUT2D eigenvalue weighted by Crippen LogP contribution is 2.32. The van der Waals surface area contributed by atoms with Crippen molar-refractivity contribution in [1.82, 2.24) is 9.88 Å². The Hall–Kier alpha value is -2.26. The van der Waals surface area contributed by atoms with Gasteiger partial charge in [-0.25, -0.2) is 0 Å². The molecule has 1 atom stereocenters. The molecule has 0 saturated carbocycles. The van der Waals surface area contributed by atoms with Crippen LogP contribution in [0.3, 0.4) is 0 Å². The summed E-state index contributed by atoms with van der Waals surface area (Å²) in [6.07, 6.45) is 1.16. The molecule has 1 aromatic heterocycles. The molecule has 2 aliphatic heterocycles. The molecule has 1 fully saturated rings. The van der Waals surface area contributed by atoms with Crippen molar-refractivity contribution in [2.45, 2.75) is 19.0 Å². The molecule has 3 heteroatoms. The molecular formula is C20H21N3. The van der Waals surface area contributed by atoms with Gasteiger partial charge in [0.1, 0.15) is 0 Å². The summed E-state index contributed by atoms with van der Waals surface area (Å²) in [5, 5.41) is 1.42. The summed E-state index contributed by atoms with van der Waals surface area (Å²) in [5.41, 5.74) is 5.61. The van der Waals surface area contributed by atoms with Gasteiger partial charge >= 0.3 is 0 Å². The second-order valence-electron chi connectivity index (χ2n) is 6.74. The SMILES string of the molecule is c1ccc(N2CCN3Cc4[nH]c5ccccc5c4C[C@H]3C2)cc1. The maximum atomic E-state index is 3.64. The first kappa shape index (κ1) is 13.2. The van der Waals surface area contributed by atoms with E-state index in [2.05, 4.69) is 69.4 Å². The van der Waals surface area contributed by atoms with Gasteiger partial charge in [0.15, 0.2) is 0 Å². The largest absolute Gasteiger partial charge is 0.369 e. The lowest BCUT2D eigenvalue weighted by Gasteiger charge is -2.44. The third-order valence-electron chi connectivity index (χ3n) is 5.43. The summed E-state index contributed by atoms with van der Waals surface area (Å²) in [7, 11) is 0. The number of aromatic nitrogens is 1. The number of piperazine rings is 1. The lowest BCUT2D eigenvalue weighted by molar-refractivity contribution is 0.153. The zero-order chi connectivity index (χ0) is 15.2. The van der Waals surface area contributed by atoms with Crippen molar-refractivity contribution >= 4 is 16.6 Å². The van der Waals surface area contributed by atoms with Crippen LogP contribution in [0.1, 0.15) is 11.3 Å². The first-order valence-corrected chi connectivity index (χ1v) is 8.51. The van der Waals surface area contributed by atoms with Crippen LogP contribution in [0.2, 0.25) is 0 Å². The monoisotopic (exact) mass is 303 g/mol. The van der Waals surface area contributed by atoms with Crippen molar-refractivity contribution in [3.63, 3.8) is 0 Å².